The van der Waals surface area contributed by atoms with Crippen molar-refractivity contribution in [2.24, 2.45) is 0 Å². The zero-order chi connectivity index (χ0) is 11.1. The Bertz CT molecular complexity index is 505. The van der Waals surface area contributed by atoms with Crippen molar-refractivity contribution in [1.82, 2.24) is 4.31 Å². The molecular weight excluding hydrogens is 210 g/mol. The van der Waals surface area contributed by atoms with E-state index in [9.17, 15) is 8.42 Å². The first-order valence-electron chi connectivity index (χ1n) is 4.70. The summed E-state index contributed by atoms with van der Waals surface area (Å²) in [6.45, 7) is 0. The third-order valence-electron chi connectivity index (χ3n) is 2.69. The van der Waals surface area contributed by atoms with E-state index >= 15 is 0 Å². The van der Waals surface area contributed by atoms with Gasteiger partial charge in [0.1, 0.15) is 0 Å². The summed E-state index contributed by atoms with van der Waals surface area (Å²) in [5, 5.41) is 0. The second-order valence-electron chi connectivity index (χ2n) is 3.71. The molecule has 0 radical (unpaired) electrons. The van der Waals surface area contributed by atoms with E-state index in [1.54, 1.807) is 7.05 Å². The monoisotopic (exact) mass is 223 g/mol. The molecule has 0 saturated carbocycles. The van der Waals surface area contributed by atoms with Crippen molar-refractivity contribution in [2.45, 2.75) is 6.04 Å². The molecule has 0 saturated heterocycles. The van der Waals surface area contributed by atoms with Gasteiger partial charge in [0.15, 0.2) is 0 Å². The minimum Gasteiger partial charge on any atom is -0.212 e. The maximum absolute atomic E-state index is 11.4. The van der Waals surface area contributed by atoms with Gasteiger partial charge < -0.3 is 0 Å². The summed E-state index contributed by atoms with van der Waals surface area (Å²) in [7, 11) is -1.54. The van der Waals surface area contributed by atoms with Crippen molar-refractivity contribution in [3.05, 3.63) is 41.5 Å². The van der Waals surface area contributed by atoms with Gasteiger partial charge in [-0.1, -0.05) is 36.4 Å². The molecular formula is C11H13NO2S. The second-order valence-corrected chi connectivity index (χ2v) is 5.75. The topological polar surface area (TPSA) is 37.4 Å². The molecule has 0 amide bonds. The molecule has 0 spiro atoms. The lowest BCUT2D eigenvalue weighted by molar-refractivity contribution is 0.434. The molecule has 0 fully saturated rings. The van der Waals surface area contributed by atoms with Gasteiger partial charge in [-0.15, -0.1) is 0 Å². The van der Waals surface area contributed by atoms with Crippen molar-refractivity contribution >= 4 is 16.1 Å². The summed E-state index contributed by atoms with van der Waals surface area (Å²) >= 11 is 0. The summed E-state index contributed by atoms with van der Waals surface area (Å²) in [6.07, 6.45) is 5.09. The van der Waals surface area contributed by atoms with Gasteiger partial charge in [-0.2, -0.15) is 4.31 Å². The number of sulfonamides is 1. The van der Waals surface area contributed by atoms with Crippen LogP contribution in [-0.4, -0.2) is 26.0 Å². The number of likely N-dealkylation sites (N-methyl/N-ethyl adjacent to an activating group) is 1. The summed E-state index contributed by atoms with van der Waals surface area (Å²) in [5.74, 6) is 0. The smallest absolute Gasteiger partial charge is 0.211 e. The largest absolute Gasteiger partial charge is 0.212 e. The molecule has 1 unspecified atom stereocenters. The molecule has 0 heterocycles. The quantitative estimate of drug-likeness (QED) is 0.764. The molecule has 0 bridgehead atoms. The van der Waals surface area contributed by atoms with Crippen LogP contribution in [0.5, 0.6) is 0 Å². The van der Waals surface area contributed by atoms with E-state index in [4.69, 9.17) is 0 Å². The normalized spacial score (nSPS) is 19.5. The molecule has 1 atom stereocenters. The van der Waals surface area contributed by atoms with Gasteiger partial charge >= 0.3 is 0 Å². The van der Waals surface area contributed by atoms with E-state index in [1.165, 1.54) is 10.6 Å². The van der Waals surface area contributed by atoms with Crippen molar-refractivity contribution in [1.29, 1.82) is 0 Å². The first kappa shape index (κ1) is 10.4. The molecule has 1 aliphatic carbocycles. The number of hydrogen-bond donors (Lipinski definition) is 0. The third-order valence-corrected chi connectivity index (χ3v) is 3.96. The summed E-state index contributed by atoms with van der Waals surface area (Å²) in [5.41, 5.74) is 2.14. The van der Waals surface area contributed by atoms with Crippen LogP contribution in [0.25, 0.3) is 6.08 Å². The predicted molar refractivity (Wildman–Crippen MR) is 60.8 cm³/mol. The molecule has 4 heteroatoms. The van der Waals surface area contributed by atoms with Crippen molar-refractivity contribution in [3.8, 4) is 0 Å². The van der Waals surface area contributed by atoms with Crippen LogP contribution in [0.1, 0.15) is 17.2 Å². The van der Waals surface area contributed by atoms with E-state index < -0.39 is 10.0 Å². The van der Waals surface area contributed by atoms with Gasteiger partial charge in [0.25, 0.3) is 0 Å². The van der Waals surface area contributed by atoms with Crippen molar-refractivity contribution in [2.75, 3.05) is 13.3 Å². The Hall–Kier alpha value is -1.13. The maximum atomic E-state index is 11.4. The number of benzene rings is 1. The molecule has 3 nitrogen and oxygen atoms in total. The highest BCUT2D eigenvalue weighted by atomic mass is 32.2. The van der Waals surface area contributed by atoms with E-state index in [2.05, 4.69) is 0 Å². The van der Waals surface area contributed by atoms with Crippen LogP contribution < -0.4 is 0 Å². The van der Waals surface area contributed by atoms with Gasteiger partial charge in [-0.05, 0) is 11.1 Å². The SMILES string of the molecule is CN(C1C=Cc2ccccc21)S(C)(=O)=O. The summed E-state index contributed by atoms with van der Waals surface area (Å²) in [4.78, 5) is 0. The summed E-state index contributed by atoms with van der Waals surface area (Å²) in [6, 6.07) is 7.67. The lowest BCUT2D eigenvalue weighted by atomic mass is 10.1. The number of nitrogens with zero attached hydrogens (tertiary/aromatic N) is 1. The van der Waals surface area contributed by atoms with E-state index in [1.807, 2.05) is 36.4 Å². The van der Waals surface area contributed by atoms with Crippen molar-refractivity contribution in [3.63, 3.8) is 0 Å². The summed E-state index contributed by atoms with van der Waals surface area (Å²) < 4.78 is 24.2. The fourth-order valence-electron chi connectivity index (χ4n) is 1.75. The number of hydrogen-bond acceptors (Lipinski definition) is 2. The van der Waals surface area contributed by atoms with Crippen LogP contribution in [0.3, 0.4) is 0 Å². The lowest BCUT2D eigenvalue weighted by Gasteiger charge is -2.21. The molecule has 0 aliphatic heterocycles. The minimum absolute atomic E-state index is 0.156. The van der Waals surface area contributed by atoms with Gasteiger partial charge in [0, 0.05) is 7.05 Å². The highest BCUT2D eigenvalue weighted by Gasteiger charge is 2.26. The average Bonchev–Trinajstić information content (AvgIpc) is 2.58. The van der Waals surface area contributed by atoms with Crippen LogP contribution in [0.4, 0.5) is 0 Å². The Balaban J connectivity index is 2.41. The Labute approximate surface area is 90.1 Å². The van der Waals surface area contributed by atoms with Crippen LogP contribution in [0.15, 0.2) is 30.3 Å². The van der Waals surface area contributed by atoms with Gasteiger partial charge in [-0.3, -0.25) is 0 Å². The van der Waals surface area contributed by atoms with Crippen LogP contribution in [0, 0.1) is 0 Å². The Morgan fingerprint density at radius 3 is 2.60 bits per heavy atom. The van der Waals surface area contributed by atoms with E-state index in [0.717, 1.165) is 11.1 Å². The molecule has 0 N–H and O–H groups in total. The number of rotatable bonds is 2. The van der Waals surface area contributed by atoms with Crippen LogP contribution >= 0.6 is 0 Å². The highest BCUT2D eigenvalue weighted by Crippen LogP contribution is 2.32. The van der Waals surface area contributed by atoms with Crippen LogP contribution in [0.2, 0.25) is 0 Å². The Morgan fingerprint density at radius 2 is 1.93 bits per heavy atom. The average molecular weight is 223 g/mol. The molecule has 2 rings (SSSR count). The molecule has 1 aromatic carbocycles. The van der Waals surface area contributed by atoms with Gasteiger partial charge in [-0.25, -0.2) is 8.42 Å². The first-order chi connectivity index (χ1) is 7.00. The second kappa shape index (κ2) is 3.47. The molecule has 1 aliphatic rings. The molecule has 80 valence electrons. The van der Waals surface area contributed by atoms with Gasteiger partial charge in [0.2, 0.25) is 10.0 Å². The zero-order valence-electron chi connectivity index (χ0n) is 8.71. The number of fused-ring (bicyclic) bond motifs is 1. The maximum Gasteiger partial charge on any atom is 0.211 e. The highest BCUT2D eigenvalue weighted by molar-refractivity contribution is 7.88. The van der Waals surface area contributed by atoms with E-state index in [-0.39, 0.29) is 6.04 Å². The van der Waals surface area contributed by atoms with Gasteiger partial charge in [0.05, 0.1) is 12.3 Å². The molecule has 0 aromatic heterocycles. The Morgan fingerprint density at radius 1 is 1.27 bits per heavy atom. The Kier molecular flexibility index (Phi) is 2.40. The van der Waals surface area contributed by atoms with Crippen molar-refractivity contribution < 1.29 is 8.42 Å². The fraction of sp³-hybridized carbons (Fsp3) is 0.273. The zero-order valence-corrected chi connectivity index (χ0v) is 9.53. The molecule has 15 heavy (non-hydrogen) atoms. The first-order valence-corrected chi connectivity index (χ1v) is 6.55. The third kappa shape index (κ3) is 1.82. The van der Waals surface area contributed by atoms with E-state index in [0.29, 0.717) is 0 Å². The molecule has 1 aromatic rings. The fourth-order valence-corrected chi connectivity index (χ4v) is 2.35. The lowest BCUT2D eigenvalue weighted by Crippen LogP contribution is -2.28. The van der Waals surface area contributed by atoms with Crippen LogP contribution in [-0.2, 0) is 10.0 Å². The standard InChI is InChI=1S/C11H13NO2S/c1-12(15(2,13)14)11-8-7-9-5-3-4-6-10(9)11/h3-8,11H,1-2H3. The predicted octanol–water partition coefficient (Wildman–Crippen LogP) is 1.65. The minimum atomic E-state index is -3.15.